The van der Waals surface area contributed by atoms with E-state index in [1.807, 2.05) is 17.0 Å². The lowest BCUT2D eigenvalue weighted by Gasteiger charge is -2.31. The van der Waals surface area contributed by atoms with Crippen LogP contribution in [0.2, 0.25) is 0 Å². The SMILES string of the molecule is O=[C][C@H]1CC[C@H](CC(=O)N2CCc3c(n(Cc4cccc(F)c4)c4ncccc34)C2)CC1. The van der Waals surface area contributed by atoms with Gasteiger partial charge in [-0.2, -0.15) is 0 Å². The van der Waals surface area contributed by atoms with Crippen LogP contribution in [0.5, 0.6) is 0 Å². The van der Waals surface area contributed by atoms with Crippen LogP contribution in [0.3, 0.4) is 0 Å². The molecule has 3 heterocycles. The zero-order valence-electron chi connectivity index (χ0n) is 18.1. The predicted molar refractivity (Wildman–Crippen MR) is 120 cm³/mol. The van der Waals surface area contributed by atoms with E-state index in [1.165, 1.54) is 11.6 Å². The van der Waals surface area contributed by atoms with Crippen LogP contribution in [-0.4, -0.2) is 33.2 Å². The molecule has 5 rings (SSSR count). The lowest BCUT2D eigenvalue weighted by atomic mass is 9.81. The van der Waals surface area contributed by atoms with Gasteiger partial charge in [0.1, 0.15) is 11.5 Å². The zero-order chi connectivity index (χ0) is 22.1. The summed E-state index contributed by atoms with van der Waals surface area (Å²) >= 11 is 0. The van der Waals surface area contributed by atoms with Crippen molar-refractivity contribution in [3.8, 4) is 0 Å². The van der Waals surface area contributed by atoms with Crippen LogP contribution in [-0.2, 0) is 29.1 Å². The highest BCUT2D eigenvalue weighted by atomic mass is 19.1. The summed E-state index contributed by atoms with van der Waals surface area (Å²) in [5, 5.41) is 1.12. The number of amides is 1. The fourth-order valence-corrected chi connectivity index (χ4v) is 5.32. The summed E-state index contributed by atoms with van der Waals surface area (Å²) in [6.07, 6.45) is 8.79. The number of fused-ring (bicyclic) bond motifs is 3. The Labute approximate surface area is 187 Å². The van der Waals surface area contributed by atoms with Crippen molar-refractivity contribution in [2.24, 2.45) is 11.8 Å². The van der Waals surface area contributed by atoms with Crippen LogP contribution in [0.25, 0.3) is 11.0 Å². The van der Waals surface area contributed by atoms with E-state index in [2.05, 4.69) is 21.9 Å². The predicted octanol–water partition coefficient (Wildman–Crippen LogP) is 4.41. The molecule has 1 aliphatic carbocycles. The molecular weight excluding hydrogens is 405 g/mol. The van der Waals surface area contributed by atoms with Crippen LogP contribution in [0.1, 0.15) is 48.9 Å². The second-order valence-corrected chi connectivity index (χ2v) is 9.12. The fraction of sp³-hybridized carbons (Fsp3) is 0.423. The minimum absolute atomic E-state index is 0.0462. The number of rotatable bonds is 5. The summed E-state index contributed by atoms with van der Waals surface area (Å²) in [5.74, 6) is 0.336. The Morgan fingerprint density at radius 1 is 1.16 bits per heavy atom. The van der Waals surface area contributed by atoms with Crippen LogP contribution >= 0.6 is 0 Å². The number of benzene rings is 1. The van der Waals surface area contributed by atoms with Gasteiger partial charge in [-0.3, -0.25) is 9.59 Å². The van der Waals surface area contributed by atoms with E-state index in [0.717, 1.165) is 54.4 Å². The highest BCUT2D eigenvalue weighted by Gasteiger charge is 2.30. The molecular formula is C26H27FN3O2. The summed E-state index contributed by atoms with van der Waals surface area (Å²) in [6, 6.07) is 10.7. The van der Waals surface area contributed by atoms with Crippen molar-refractivity contribution < 1.29 is 14.0 Å². The van der Waals surface area contributed by atoms with Crippen molar-refractivity contribution in [2.45, 2.75) is 51.6 Å². The average molecular weight is 433 g/mol. The molecule has 2 aliphatic rings. The molecule has 1 aliphatic heterocycles. The molecule has 1 saturated carbocycles. The first-order valence-electron chi connectivity index (χ1n) is 11.5. The largest absolute Gasteiger partial charge is 0.337 e. The lowest BCUT2D eigenvalue weighted by molar-refractivity contribution is -0.133. The Balaban J connectivity index is 1.38. The Hall–Kier alpha value is -3.02. The van der Waals surface area contributed by atoms with Crippen LogP contribution in [0, 0.1) is 17.7 Å². The molecule has 165 valence electrons. The number of hydrogen-bond donors (Lipinski definition) is 0. The molecule has 1 aromatic carbocycles. The van der Waals surface area contributed by atoms with Crippen molar-refractivity contribution in [3.63, 3.8) is 0 Å². The number of aromatic nitrogens is 2. The molecule has 3 aromatic rings. The first-order chi connectivity index (χ1) is 15.6. The smallest absolute Gasteiger partial charge is 0.223 e. The monoisotopic (exact) mass is 432 g/mol. The third-order valence-corrected chi connectivity index (χ3v) is 7.07. The molecule has 32 heavy (non-hydrogen) atoms. The van der Waals surface area contributed by atoms with Crippen LogP contribution < -0.4 is 0 Å². The highest BCUT2D eigenvalue weighted by Crippen LogP contribution is 2.33. The van der Waals surface area contributed by atoms with E-state index in [1.54, 1.807) is 18.3 Å². The van der Waals surface area contributed by atoms with Gasteiger partial charge in [0.2, 0.25) is 12.2 Å². The molecule has 1 amide bonds. The maximum Gasteiger partial charge on any atom is 0.223 e. The molecule has 5 nitrogen and oxygen atoms in total. The zero-order valence-corrected chi connectivity index (χ0v) is 18.1. The molecule has 1 fully saturated rings. The van der Waals surface area contributed by atoms with Gasteiger partial charge in [0, 0.05) is 42.7 Å². The topological polar surface area (TPSA) is 55.2 Å². The van der Waals surface area contributed by atoms with E-state index in [-0.39, 0.29) is 17.6 Å². The van der Waals surface area contributed by atoms with Gasteiger partial charge >= 0.3 is 0 Å². The van der Waals surface area contributed by atoms with Crippen molar-refractivity contribution >= 4 is 23.2 Å². The second-order valence-electron chi connectivity index (χ2n) is 9.12. The highest BCUT2D eigenvalue weighted by molar-refractivity contribution is 5.84. The maximum absolute atomic E-state index is 13.8. The van der Waals surface area contributed by atoms with Crippen molar-refractivity contribution in [1.82, 2.24) is 14.5 Å². The summed E-state index contributed by atoms with van der Waals surface area (Å²) in [6.45, 7) is 1.78. The van der Waals surface area contributed by atoms with E-state index < -0.39 is 0 Å². The van der Waals surface area contributed by atoms with Crippen molar-refractivity contribution in [1.29, 1.82) is 0 Å². The number of halogens is 1. The molecule has 6 heteroatoms. The van der Waals surface area contributed by atoms with E-state index in [9.17, 15) is 14.0 Å². The Morgan fingerprint density at radius 2 is 2.00 bits per heavy atom. The Morgan fingerprint density at radius 3 is 2.78 bits per heavy atom. The second kappa shape index (κ2) is 8.85. The minimum Gasteiger partial charge on any atom is -0.337 e. The van der Waals surface area contributed by atoms with Gasteiger partial charge in [-0.1, -0.05) is 12.1 Å². The Bertz CT molecular complexity index is 1150. The first kappa shape index (κ1) is 20.9. The number of pyridine rings is 1. The minimum atomic E-state index is -0.250. The summed E-state index contributed by atoms with van der Waals surface area (Å²) in [7, 11) is 0. The van der Waals surface area contributed by atoms with Gasteiger partial charge in [-0.05, 0) is 73.4 Å². The molecule has 0 saturated heterocycles. The third kappa shape index (κ3) is 4.06. The fourth-order valence-electron chi connectivity index (χ4n) is 5.32. The summed E-state index contributed by atoms with van der Waals surface area (Å²) in [4.78, 5) is 30.6. The quantitative estimate of drug-likeness (QED) is 0.600. The van der Waals surface area contributed by atoms with Gasteiger partial charge < -0.3 is 9.47 Å². The Kier molecular flexibility index (Phi) is 5.77. The van der Waals surface area contributed by atoms with Crippen molar-refractivity contribution in [2.75, 3.05) is 6.54 Å². The molecule has 0 atom stereocenters. The standard InChI is InChI=1S/C26H27FN3O2/c27-21-4-1-3-20(13-21)15-30-24-16-29(12-10-22(24)23-5-2-11-28-26(23)30)25(32)14-18-6-8-19(17-31)9-7-18/h1-5,11,13,18-19H,6-10,12,14-16H2/t18-,19-. The molecule has 0 spiro atoms. The summed E-state index contributed by atoms with van der Waals surface area (Å²) in [5.41, 5.74) is 4.11. The number of carbonyl (C=O) groups excluding carboxylic acids is 2. The molecule has 2 aromatic heterocycles. The number of carbonyl (C=O) groups is 1. The van der Waals surface area contributed by atoms with Gasteiger partial charge in [0.05, 0.1) is 6.54 Å². The molecule has 0 N–H and O–H groups in total. The lowest BCUT2D eigenvalue weighted by Crippen LogP contribution is -2.38. The summed E-state index contributed by atoms with van der Waals surface area (Å²) < 4.78 is 15.9. The maximum atomic E-state index is 13.8. The van der Waals surface area contributed by atoms with Crippen molar-refractivity contribution in [3.05, 3.63) is 65.2 Å². The van der Waals surface area contributed by atoms with Gasteiger partial charge in [0.15, 0.2) is 0 Å². The van der Waals surface area contributed by atoms with Crippen LogP contribution in [0.15, 0.2) is 42.6 Å². The molecule has 0 bridgehead atoms. The third-order valence-electron chi connectivity index (χ3n) is 7.07. The molecule has 0 unspecified atom stereocenters. The average Bonchev–Trinajstić information content (AvgIpc) is 3.12. The van der Waals surface area contributed by atoms with E-state index in [0.29, 0.717) is 32.0 Å². The molecule has 1 radical (unpaired) electrons. The van der Waals surface area contributed by atoms with E-state index in [4.69, 9.17) is 0 Å². The number of hydrogen-bond acceptors (Lipinski definition) is 3. The van der Waals surface area contributed by atoms with Gasteiger partial charge in [-0.15, -0.1) is 0 Å². The van der Waals surface area contributed by atoms with Gasteiger partial charge in [0.25, 0.3) is 0 Å². The van der Waals surface area contributed by atoms with E-state index >= 15 is 0 Å². The number of nitrogens with zero attached hydrogens (tertiary/aromatic N) is 3. The normalized spacial score (nSPS) is 20.8. The first-order valence-corrected chi connectivity index (χ1v) is 11.5. The van der Waals surface area contributed by atoms with Gasteiger partial charge in [-0.25, -0.2) is 9.37 Å². The van der Waals surface area contributed by atoms with Crippen LogP contribution in [0.4, 0.5) is 4.39 Å².